The van der Waals surface area contributed by atoms with E-state index < -0.39 is 6.04 Å². The zero-order valence-corrected chi connectivity index (χ0v) is 15.7. The SMILES string of the molecule is C[C@H](N)C(=O)N1Cc2ccccc2OC2(CCC(CN(C)C)CC2)C1. The van der Waals surface area contributed by atoms with Crippen molar-refractivity contribution in [3.05, 3.63) is 29.8 Å². The lowest BCUT2D eigenvalue weighted by Crippen LogP contribution is -2.52. The quantitative estimate of drug-likeness (QED) is 0.913. The topological polar surface area (TPSA) is 58.8 Å². The number of ether oxygens (including phenoxy) is 1. The van der Waals surface area contributed by atoms with Crippen LogP contribution in [0.1, 0.15) is 38.2 Å². The van der Waals surface area contributed by atoms with Crippen molar-refractivity contribution in [3.8, 4) is 5.75 Å². The zero-order chi connectivity index (χ0) is 18.0. The van der Waals surface area contributed by atoms with Crippen LogP contribution >= 0.6 is 0 Å². The molecule has 2 N–H and O–H groups in total. The number of carbonyl (C=O) groups is 1. The van der Waals surface area contributed by atoms with Crippen LogP contribution in [0.3, 0.4) is 0 Å². The lowest BCUT2D eigenvalue weighted by molar-refractivity contribution is -0.136. The molecule has 5 nitrogen and oxygen atoms in total. The number of carbonyl (C=O) groups excluding carboxylic acids is 1. The summed E-state index contributed by atoms with van der Waals surface area (Å²) in [5, 5.41) is 0. The molecule has 1 spiro atoms. The second-order valence-corrected chi connectivity index (χ2v) is 8.08. The monoisotopic (exact) mass is 345 g/mol. The number of hydrogen-bond donors (Lipinski definition) is 1. The Morgan fingerprint density at radius 2 is 2.04 bits per heavy atom. The van der Waals surface area contributed by atoms with Gasteiger partial charge < -0.3 is 20.3 Å². The van der Waals surface area contributed by atoms with Gasteiger partial charge in [0.1, 0.15) is 11.4 Å². The molecule has 3 rings (SSSR count). The van der Waals surface area contributed by atoms with Gasteiger partial charge in [-0.05, 0) is 58.7 Å². The van der Waals surface area contributed by atoms with Gasteiger partial charge in [-0.15, -0.1) is 0 Å². The summed E-state index contributed by atoms with van der Waals surface area (Å²) in [5.74, 6) is 1.64. The number of amides is 1. The maximum absolute atomic E-state index is 12.6. The van der Waals surface area contributed by atoms with Gasteiger partial charge in [-0.25, -0.2) is 0 Å². The molecular formula is C20H31N3O2. The number of benzene rings is 1. The molecule has 1 heterocycles. The van der Waals surface area contributed by atoms with Crippen LogP contribution in [-0.4, -0.2) is 54.5 Å². The Bertz CT molecular complexity index is 607. The molecule has 0 bridgehead atoms. The van der Waals surface area contributed by atoms with Crippen LogP contribution in [0.15, 0.2) is 24.3 Å². The van der Waals surface area contributed by atoms with Gasteiger partial charge in [0, 0.05) is 18.7 Å². The fraction of sp³-hybridized carbons (Fsp3) is 0.650. The smallest absolute Gasteiger partial charge is 0.239 e. The van der Waals surface area contributed by atoms with E-state index in [9.17, 15) is 4.79 Å². The van der Waals surface area contributed by atoms with Gasteiger partial charge in [0.05, 0.1) is 12.6 Å². The van der Waals surface area contributed by atoms with Crippen LogP contribution in [0.4, 0.5) is 0 Å². The molecule has 5 heteroatoms. The van der Waals surface area contributed by atoms with E-state index in [4.69, 9.17) is 10.5 Å². The molecule has 0 saturated heterocycles. The Labute approximate surface area is 151 Å². The van der Waals surface area contributed by atoms with E-state index in [1.807, 2.05) is 29.2 Å². The first-order valence-electron chi connectivity index (χ1n) is 9.34. The van der Waals surface area contributed by atoms with Gasteiger partial charge in [-0.3, -0.25) is 4.79 Å². The van der Waals surface area contributed by atoms with Gasteiger partial charge in [0.25, 0.3) is 0 Å². The highest BCUT2D eigenvalue weighted by Gasteiger charge is 2.42. The lowest BCUT2D eigenvalue weighted by Gasteiger charge is -2.42. The third-order valence-corrected chi connectivity index (χ3v) is 5.48. The standard InChI is InChI=1S/C20H31N3O2/c1-15(21)19(24)23-13-17-6-4-5-7-18(17)25-20(14-23)10-8-16(9-11-20)12-22(2)3/h4-7,15-16H,8-14,21H2,1-3H3/t15-,16?,20?/m0/s1. The van der Waals surface area contributed by atoms with Crippen LogP contribution in [0.25, 0.3) is 0 Å². The number of fused-ring (bicyclic) bond motifs is 1. The zero-order valence-electron chi connectivity index (χ0n) is 15.7. The predicted molar refractivity (Wildman–Crippen MR) is 99.4 cm³/mol. The molecule has 1 amide bonds. The molecule has 25 heavy (non-hydrogen) atoms. The van der Waals surface area contributed by atoms with Crippen LogP contribution in [0, 0.1) is 5.92 Å². The summed E-state index contributed by atoms with van der Waals surface area (Å²) < 4.78 is 6.55. The van der Waals surface area contributed by atoms with Gasteiger partial charge in [-0.1, -0.05) is 18.2 Å². The van der Waals surface area contributed by atoms with E-state index in [0.717, 1.165) is 43.5 Å². The highest BCUT2D eigenvalue weighted by Crippen LogP contribution is 2.40. The largest absolute Gasteiger partial charge is 0.485 e. The molecule has 1 fully saturated rings. The summed E-state index contributed by atoms with van der Waals surface area (Å²) in [6, 6.07) is 7.61. The van der Waals surface area contributed by atoms with Crippen LogP contribution < -0.4 is 10.5 Å². The predicted octanol–water partition coefficient (Wildman–Crippen LogP) is 2.25. The minimum absolute atomic E-state index is 0.00935. The van der Waals surface area contributed by atoms with Crippen LogP contribution in [0.2, 0.25) is 0 Å². The molecule has 1 aliphatic carbocycles. The third kappa shape index (κ3) is 4.15. The molecule has 0 aromatic heterocycles. The molecule has 2 aliphatic rings. The molecule has 1 aromatic rings. The minimum Gasteiger partial charge on any atom is -0.485 e. The summed E-state index contributed by atoms with van der Waals surface area (Å²) in [5.41, 5.74) is 6.69. The normalized spacial score (nSPS) is 27.6. The Hall–Kier alpha value is -1.59. The highest BCUT2D eigenvalue weighted by atomic mass is 16.5. The maximum Gasteiger partial charge on any atom is 0.239 e. The molecule has 0 unspecified atom stereocenters. The maximum atomic E-state index is 12.6. The number of rotatable bonds is 3. The van der Waals surface area contributed by atoms with Gasteiger partial charge in [-0.2, -0.15) is 0 Å². The molecule has 1 aromatic carbocycles. The second-order valence-electron chi connectivity index (χ2n) is 8.08. The minimum atomic E-state index is -0.479. The summed E-state index contributed by atoms with van der Waals surface area (Å²) >= 11 is 0. The van der Waals surface area contributed by atoms with Crippen molar-refractivity contribution in [2.45, 2.75) is 50.8 Å². The van der Waals surface area contributed by atoms with Gasteiger partial charge in [0.15, 0.2) is 0 Å². The third-order valence-electron chi connectivity index (χ3n) is 5.48. The van der Waals surface area contributed by atoms with E-state index in [1.165, 1.54) is 0 Å². The fourth-order valence-corrected chi connectivity index (χ4v) is 4.22. The summed E-state index contributed by atoms with van der Waals surface area (Å²) in [6.07, 6.45) is 4.26. The van der Waals surface area contributed by atoms with E-state index in [2.05, 4.69) is 19.0 Å². The molecular weight excluding hydrogens is 314 g/mol. The van der Waals surface area contributed by atoms with Gasteiger partial charge >= 0.3 is 0 Å². The molecule has 1 saturated carbocycles. The van der Waals surface area contributed by atoms with Crippen molar-refractivity contribution >= 4 is 5.91 Å². The van der Waals surface area contributed by atoms with Crippen molar-refractivity contribution in [3.63, 3.8) is 0 Å². The number of nitrogens with two attached hydrogens (primary N) is 1. The number of hydrogen-bond acceptors (Lipinski definition) is 4. The van der Waals surface area contributed by atoms with E-state index in [1.54, 1.807) is 6.92 Å². The molecule has 0 radical (unpaired) electrons. The Kier molecular flexibility index (Phi) is 5.35. The Morgan fingerprint density at radius 3 is 2.68 bits per heavy atom. The summed E-state index contributed by atoms with van der Waals surface area (Å²) in [7, 11) is 4.26. The summed E-state index contributed by atoms with van der Waals surface area (Å²) in [4.78, 5) is 16.8. The lowest BCUT2D eigenvalue weighted by atomic mass is 9.78. The highest BCUT2D eigenvalue weighted by molar-refractivity contribution is 5.81. The van der Waals surface area contributed by atoms with E-state index >= 15 is 0 Å². The Morgan fingerprint density at radius 1 is 1.36 bits per heavy atom. The van der Waals surface area contributed by atoms with E-state index in [0.29, 0.717) is 19.0 Å². The van der Waals surface area contributed by atoms with Crippen LogP contribution in [0.5, 0.6) is 5.75 Å². The molecule has 1 atom stereocenters. The average Bonchev–Trinajstić information content (AvgIpc) is 2.72. The van der Waals surface area contributed by atoms with Gasteiger partial charge in [0.2, 0.25) is 5.91 Å². The second kappa shape index (κ2) is 7.34. The fourth-order valence-electron chi connectivity index (χ4n) is 4.22. The molecule has 138 valence electrons. The van der Waals surface area contributed by atoms with E-state index in [-0.39, 0.29) is 11.5 Å². The van der Waals surface area contributed by atoms with Crippen LogP contribution in [-0.2, 0) is 11.3 Å². The van der Waals surface area contributed by atoms with Crippen molar-refractivity contribution in [2.24, 2.45) is 11.7 Å². The first-order valence-corrected chi connectivity index (χ1v) is 9.34. The van der Waals surface area contributed by atoms with Crippen molar-refractivity contribution in [1.29, 1.82) is 0 Å². The van der Waals surface area contributed by atoms with Crippen molar-refractivity contribution < 1.29 is 9.53 Å². The first-order chi connectivity index (χ1) is 11.9. The molecule has 1 aliphatic heterocycles. The average molecular weight is 345 g/mol. The number of nitrogens with zero attached hydrogens (tertiary/aromatic N) is 2. The number of para-hydroxylation sites is 1. The van der Waals surface area contributed by atoms with Crippen molar-refractivity contribution in [1.82, 2.24) is 9.80 Å². The first kappa shape index (κ1) is 18.2. The Balaban J connectivity index is 1.83. The van der Waals surface area contributed by atoms with Crippen molar-refractivity contribution in [2.75, 3.05) is 27.2 Å². The summed E-state index contributed by atoms with van der Waals surface area (Å²) in [6.45, 7) is 4.10.